The number of benzene rings is 1. The molecule has 0 aliphatic carbocycles. The van der Waals surface area contributed by atoms with Crippen molar-refractivity contribution in [2.24, 2.45) is 0 Å². The SMILES string of the molecule is COc1ccc(CC[C@H](C)N[C@@H](C)CCCC(C)(C)O)cc1. The first-order chi connectivity index (χ1) is 10.3. The molecule has 0 radical (unpaired) electrons. The fourth-order valence-corrected chi connectivity index (χ4v) is 2.67. The molecule has 0 bridgehead atoms. The number of aryl methyl sites for hydroxylation is 1. The molecule has 126 valence electrons. The van der Waals surface area contributed by atoms with E-state index >= 15 is 0 Å². The average Bonchev–Trinajstić information content (AvgIpc) is 2.44. The van der Waals surface area contributed by atoms with Crippen molar-refractivity contribution in [3.63, 3.8) is 0 Å². The van der Waals surface area contributed by atoms with Gasteiger partial charge in [-0.05, 0) is 77.5 Å². The molecule has 2 atom stereocenters. The van der Waals surface area contributed by atoms with Crippen molar-refractivity contribution in [2.45, 2.75) is 77.5 Å². The van der Waals surface area contributed by atoms with E-state index in [0.717, 1.165) is 37.9 Å². The van der Waals surface area contributed by atoms with Gasteiger partial charge in [-0.2, -0.15) is 0 Å². The first-order valence-electron chi connectivity index (χ1n) is 8.41. The highest BCUT2D eigenvalue weighted by molar-refractivity contribution is 5.27. The van der Waals surface area contributed by atoms with E-state index in [9.17, 15) is 5.11 Å². The zero-order valence-corrected chi connectivity index (χ0v) is 14.9. The first kappa shape index (κ1) is 19.0. The molecule has 0 fully saturated rings. The Balaban J connectivity index is 2.22. The van der Waals surface area contributed by atoms with E-state index < -0.39 is 5.60 Å². The molecule has 0 heterocycles. The van der Waals surface area contributed by atoms with E-state index in [1.54, 1.807) is 7.11 Å². The Bertz CT molecular complexity index is 408. The highest BCUT2D eigenvalue weighted by atomic mass is 16.5. The van der Waals surface area contributed by atoms with Crippen LogP contribution in [0.1, 0.15) is 58.9 Å². The third kappa shape index (κ3) is 8.40. The van der Waals surface area contributed by atoms with Crippen LogP contribution in [0.2, 0.25) is 0 Å². The zero-order valence-electron chi connectivity index (χ0n) is 14.9. The van der Waals surface area contributed by atoms with Gasteiger partial charge in [-0.1, -0.05) is 12.1 Å². The van der Waals surface area contributed by atoms with Gasteiger partial charge < -0.3 is 15.2 Å². The first-order valence-corrected chi connectivity index (χ1v) is 8.41. The van der Waals surface area contributed by atoms with Gasteiger partial charge in [0.25, 0.3) is 0 Å². The molecule has 0 unspecified atom stereocenters. The number of hydrogen-bond acceptors (Lipinski definition) is 3. The molecule has 0 amide bonds. The van der Waals surface area contributed by atoms with Crippen LogP contribution in [-0.2, 0) is 6.42 Å². The summed E-state index contributed by atoms with van der Waals surface area (Å²) in [6, 6.07) is 9.31. The summed E-state index contributed by atoms with van der Waals surface area (Å²) in [5, 5.41) is 13.4. The third-order valence-corrected chi connectivity index (χ3v) is 4.02. The molecular weight excluding hydrogens is 274 g/mol. The van der Waals surface area contributed by atoms with Crippen LogP contribution < -0.4 is 10.1 Å². The summed E-state index contributed by atoms with van der Waals surface area (Å²) in [5.41, 5.74) is 0.809. The Labute approximate surface area is 136 Å². The molecule has 1 rings (SSSR count). The molecule has 1 aromatic rings. The minimum absolute atomic E-state index is 0.494. The van der Waals surface area contributed by atoms with E-state index in [0.29, 0.717) is 12.1 Å². The monoisotopic (exact) mass is 307 g/mol. The van der Waals surface area contributed by atoms with Gasteiger partial charge >= 0.3 is 0 Å². The summed E-state index contributed by atoms with van der Waals surface area (Å²) < 4.78 is 5.18. The smallest absolute Gasteiger partial charge is 0.118 e. The van der Waals surface area contributed by atoms with Crippen molar-refractivity contribution in [1.82, 2.24) is 5.32 Å². The van der Waals surface area contributed by atoms with Crippen molar-refractivity contribution in [3.05, 3.63) is 29.8 Å². The molecule has 0 spiro atoms. The maximum atomic E-state index is 9.73. The number of aliphatic hydroxyl groups is 1. The molecule has 0 aliphatic rings. The molecule has 0 saturated heterocycles. The minimum atomic E-state index is -0.542. The summed E-state index contributed by atoms with van der Waals surface area (Å²) in [7, 11) is 1.69. The Kier molecular flexibility index (Phi) is 7.91. The third-order valence-electron chi connectivity index (χ3n) is 4.02. The van der Waals surface area contributed by atoms with Crippen LogP contribution >= 0.6 is 0 Å². The fourth-order valence-electron chi connectivity index (χ4n) is 2.67. The summed E-state index contributed by atoms with van der Waals surface area (Å²) in [6.07, 6.45) is 5.23. The van der Waals surface area contributed by atoms with Crippen molar-refractivity contribution in [3.8, 4) is 5.75 Å². The Morgan fingerprint density at radius 1 is 1.09 bits per heavy atom. The van der Waals surface area contributed by atoms with Gasteiger partial charge in [-0.3, -0.25) is 0 Å². The molecule has 0 aliphatic heterocycles. The molecule has 3 heteroatoms. The summed E-state index contributed by atoms with van der Waals surface area (Å²) in [4.78, 5) is 0. The van der Waals surface area contributed by atoms with Crippen molar-refractivity contribution < 1.29 is 9.84 Å². The van der Waals surface area contributed by atoms with Gasteiger partial charge in [0.1, 0.15) is 5.75 Å². The standard InChI is InChI=1S/C19H33NO2/c1-15(7-6-14-19(3,4)21)20-16(2)8-9-17-10-12-18(22-5)13-11-17/h10-13,15-16,20-21H,6-9,14H2,1-5H3/t15-,16-/m0/s1. The predicted octanol–water partition coefficient (Wildman–Crippen LogP) is 3.94. The van der Waals surface area contributed by atoms with E-state index in [1.807, 2.05) is 26.0 Å². The van der Waals surface area contributed by atoms with Crippen LogP contribution in [-0.4, -0.2) is 29.9 Å². The zero-order chi connectivity index (χ0) is 16.6. The molecule has 1 aromatic carbocycles. The number of hydrogen-bond donors (Lipinski definition) is 2. The number of nitrogens with one attached hydrogen (secondary N) is 1. The Morgan fingerprint density at radius 3 is 2.23 bits per heavy atom. The van der Waals surface area contributed by atoms with E-state index in [2.05, 4.69) is 31.3 Å². The lowest BCUT2D eigenvalue weighted by Crippen LogP contribution is -2.35. The lowest BCUT2D eigenvalue weighted by Gasteiger charge is -2.22. The molecule has 2 N–H and O–H groups in total. The van der Waals surface area contributed by atoms with Gasteiger partial charge in [0.2, 0.25) is 0 Å². The number of methoxy groups -OCH3 is 1. The van der Waals surface area contributed by atoms with E-state index in [-0.39, 0.29) is 0 Å². The average molecular weight is 307 g/mol. The van der Waals surface area contributed by atoms with Gasteiger partial charge in [0, 0.05) is 12.1 Å². The van der Waals surface area contributed by atoms with Crippen LogP contribution in [0.5, 0.6) is 5.75 Å². The van der Waals surface area contributed by atoms with Crippen LogP contribution in [0.4, 0.5) is 0 Å². The molecule has 0 aromatic heterocycles. The quantitative estimate of drug-likeness (QED) is 0.688. The number of ether oxygens (including phenoxy) is 1. The predicted molar refractivity (Wildman–Crippen MR) is 93.5 cm³/mol. The molecule has 22 heavy (non-hydrogen) atoms. The highest BCUT2D eigenvalue weighted by Crippen LogP contribution is 2.15. The van der Waals surface area contributed by atoms with Crippen LogP contribution in [0.25, 0.3) is 0 Å². The van der Waals surface area contributed by atoms with Gasteiger partial charge in [0.15, 0.2) is 0 Å². The van der Waals surface area contributed by atoms with Crippen LogP contribution in [0, 0.1) is 0 Å². The molecule has 3 nitrogen and oxygen atoms in total. The van der Waals surface area contributed by atoms with Crippen LogP contribution in [0.15, 0.2) is 24.3 Å². The molecule has 0 saturated carbocycles. The summed E-state index contributed by atoms with van der Waals surface area (Å²) in [6.45, 7) is 8.23. The van der Waals surface area contributed by atoms with Crippen molar-refractivity contribution in [2.75, 3.05) is 7.11 Å². The molecular formula is C19H33NO2. The van der Waals surface area contributed by atoms with Gasteiger partial charge in [-0.15, -0.1) is 0 Å². The Morgan fingerprint density at radius 2 is 1.68 bits per heavy atom. The summed E-state index contributed by atoms with van der Waals surface area (Å²) >= 11 is 0. The van der Waals surface area contributed by atoms with Crippen LogP contribution in [0.3, 0.4) is 0 Å². The fraction of sp³-hybridized carbons (Fsp3) is 0.684. The highest BCUT2D eigenvalue weighted by Gasteiger charge is 2.13. The van der Waals surface area contributed by atoms with Crippen molar-refractivity contribution >= 4 is 0 Å². The maximum absolute atomic E-state index is 9.73. The second kappa shape index (κ2) is 9.16. The van der Waals surface area contributed by atoms with Gasteiger partial charge in [-0.25, -0.2) is 0 Å². The lowest BCUT2D eigenvalue weighted by atomic mass is 9.99. The maximum Gasteiger partial charge on any atom is 0.118 e. The second-order valence-corrected chi connectivity index (χ2v) is 7.06. The summed E-state index contributed by atoms with van der Waals surface area (Å²) in [5.74, 6) is 0.912. The minimum Gasteiger partial charge on any atom is -0.497 e. The van der Waals surface area contributed by atoms with E-state index in [4.69, 9.17) is 4.74 Å². The Hall–Kier alpha value is -1.06. The van der Waals surface area contributed by atoms with Crippen molar-refractivity contribution in [1.29, 1.82) is 0 Å². The van der Waals surface area contributed by atoms with Gasteiger partial charge in [0.05, 0.1) is 12.7 Å². The lowest BCUT2D eigenvalue weighted by molar-refractivity contribution is 0.0674. The normalized spacial score (nSPS) is 14.6. The largest absolute Gasteiger partial charge is 0.497 e. The topological polar surface area (TPSA) is 41.5 Å². The van der Waals surface area contributed by atoms with E-state index in [1.165, 1.54) is 5.56 Å². The number of rotatable bonds is 10. The second-order valence-electron chi connectivity index (χ2n) is 7.06.